The van der Waals surface area contributed by atoms with Crippen LogP contribution in [0.4, 0.5) is 19.4 Å². The number of unbranched alkanes of at least 4 members (excludes halogenated alkanes) is 1. The molecule has 0 saturated carbocycles. The van der Waals surface area contributed by atoms with Crippen LogP contribution < -0.4 is 11.0 Å². The second-order valence-corrected chi connectivity index (χ2v) is 6.77. The number of halogens is 2. The molecule has 0 aliphatic carbocycles. The summed E-state index contributed by atoms with van der Waals surface area (Å²) in [5.74, 6) is -4.59. The van der Waals surface area contributed by atoms with Gasteiger partial charge in [0.25, 0.3) is 5.92 Å². The van der Waals surface area contributed by atoms with Gasteiger partial charge in [0.1, 0.15) is 18.5 Å². The normalized spacial score (nSPS) is 20.5. The molecule has 0 unspecified atom stereocenters. The maximum absolute atomic E-state index is 14.3. The highest BCUT2D eigenvalue weighted by atomic mass is 19.3. The average Bonchev–Trinajstić information content (AvgIpc) is 2.94. The lowest BCUT2D eigenvalue weighted by Crippen LogP contribution is -2.35. The molecule has 0 aromatic carbocycles. The van der Waals surface area contributed by atoms with E-state index < -0.39 is 48.5 Å². The van der Waals surface area contributed by atoms with E-state index in [1.54, 1.807) is 13.8 Å². The van der Waals surface area contributed by atoms with Crippen LogP contribution in [-0.2, 0) is 19.0 Å². The van der Waals surface area contributed by atoms with Crippen LogP contribution in [0.3, 0.4) is 0 Å². The number of carbonyl (C=O) groups is 2. The fraction of sp³-hybridized carbons (Fsp3) is 0.611. The molecule has 1 fully saturated rings. The van der Waals surface area contributed by atoms with E-state index in [-0.39, 0.29) is 12.4 Å². The maximum atomic E-state index is 14.3. The van der Waals surface area contributed by atoms with Crippen molar-refractivity contribution in [2.45, 2.75) is 51.9 Å². The molecule has 1 aromatic rings. The van der Waals surface area contributed by atoms with Gasteiger partial charge < -0.3 is 14.2 Å². The Labute approximate surface area is 166 Å². The van der Waals surface area contributed by atoms with Gasteiger partial charge in [-0.05, 0) is 12.5 Å². The number of hydrogen-bond acceptors (Lipinski definition) is 7. The fourth-order valence-corrected chi connectivity index (χ4v) is 2.41. The zero-order valence-electron chi connectivity index (χ0n) is 16.4. The number of esters is 1. The molecule has 2 heterocycles. The summed E-state index contributed by atoms with van der Waals surface area (Å²) in [4.78, 5) is 38.8. The number of hydrogen-bond donors (Lipinski definition) is 1. The van der Waals surface area contributed by atoms with Crippen molar-refractivity contribution in [3.63, 3.8) is 0 Å². The minimum Gasteiger partial charge on any atom is -0.463 e. The topological polar surface area (TPSA) is 109 Å². The molecular formula is C18H24F2N3O6. The third-order valence-electron chi connectivity index (χ3n) is 3.95. The Bertz CT molecular complexity index is 783. The van der Waals surface area contributed by atoms with Crippen LogP contribution in [0.1, 0.15) is 39.8 Å². The number of carbonyl (C=O) groups excluding carboxylic acids is 2. The van der Waals surface area contributed by atoms with Crippen molar-refractivity contribution >= 4 is 17.9 Å². The van der Waals surface area contributed by atoms with E-state index in [1.165, 1.54) is 6.07 Å². The van der Waals surface area contributed by atoms with Gasteiger partial charge in [-0.25, -0.2) is 18.4 Å². The van der Waals surface area contributed by atoms with E-state index in [2.05, 4.69) is 10.3 Å². The predicted molar refractivity (Wildman–Crippen MR) is 97.3 cm³/mol. The fourth-order valence-electron chi connectivity index (χ4n) is 2.41. The molecule has 1 saturated heterocycles. The van der Waals surface area contributed by atoms with Gasteiger partial charge in [-0.1, -0.05) is 27.2 Å². The van der Waals surface area contributed by atoms with Crippen molar-refractivity contribution in [2.75, 3.05) is 18.5 Å². The van der Waals surface area contributed by atoms with Gasteiger partial charge in [0.15, 0.2) is 0 Å². The molecule has 161 valence electrons. The first-order chi connectivity index (χ1) is 13.6. The second-order valence-electron chi connectivity index (χ2n) is 6.77. The number of alkyl halides is 2. The van der Waals surface area contributed by atoms with Gasteiger partial charge in [0.2, 0.25) is 6.23 Å². The van der Waals surface area contributed by atoms with Gasteiger partial charge in [-0.2, -0.15) is 4.98 Å². The molecule has 0 bridgehead atoms. The van der Waals surface area contributed by atoms with E-state index in [0.29, 0.717) is 17.4 Å². The molecule has 1 aliphatic rings. The quantitative estimate of drug-likeness (QED) is 0.512. The molecule has 1 aliphatic heterocycles. The molecule has 0 spiro atoms. The minimum atomic E-state index is -3.49. The summed E-state index contributed by atoms with van der Waals surface area (Å²) in [7, 11) is 0. The molecule has 1 N–H and O–H groups in total. The number of anilines is 1. The summed E-state index contributed by atoms with van der Waals surface area (Å²) >= 11 is 0. The number of amides is 1. The van der Waals surface area contributed by atoms with Crippen molar-refractivity contribution in [3.8, 4) is 0 Å². The van der Waals surface area contributed by atoms with Gasteiger partial charge in [-0.3, -0.25) is 14.7 Å². The van der Waals surface area contributed by atoms with E-state index in [1.807, 2.05) is 6.92 Å². The van der Waals surface area contributed by atoms with Crippen LogP contribution in [-0.4, -0.2) is 46.9 Å². The van der Waals surface area contributed by atoms with Gasteiger partial charge in [0.05, 0.1) is 18.9 Å². The third-order valence-corrected chi connectivity index (χ3v) is 3.95. The molecule has 9 nitrogen and oxygen atoms in total. The van der Waals surface area contributed by atoms with Crippen molar-refractivity contribution in [3.05, 3.63) is 29.2 Å². The Morgan fingerprint density at radius 1 is 1.38 bits per heavy atom. The Morgan fingerprint density at radius 2 is 2.10 bits per heavy atom. The van der Waals surface area contributed by atoms with Crippen LogP contribution in [0.2, 0.25) is 0 Å². The number of nitrogens with one attached hydrogen (secondary N) is 1. The second kappa shape index (κ2) is 9.77. The highest BCUT2D eigenvalue weighted by Gasteiger charge is 2.52. The number of nitrogens with zero attached hydrogens (tertiary/aromatic N) is 2. The monoisotopic (exact) mass is 416 g/mol. The molecule has 29 heavy (non-hydrogen) atoms. The zero-order chi connectivity index (χ0) is 21.6. The SMILES string of the molecule is CCCCOC(=O)Nc1ccn([C@@H]2O[C@@H](COC(=O)C(C)C)[CH]C2(F)F)c(=O)n1. The van der Waals surface area contributed by atoms with Gasteiger partial charge in [-0.15, -0.1) is 0 Å². The first kappa shape index (κ1) is 22.7. The molecular weight excluding hydrogens is 392 g/mol. The third kappa shape index (κ3) is 6.21. The van der Waals surface area contributed by atoms with Crippen LogP contribution in [0.25, 0.3) is 0 Å². The van der Waals surface area contributed by atoms with E-state index in [9.17, 15) is 23.2 Å². The minimum absolute atomic E-state index is 0.138. The first-order valence-electron chi connectivity index (χ1n) is 9.23. The molecule has 1 amide bonds. The Balaban J connectivity index is 2.02. The summed E-state index contributed by atoms with van der Waals surface area (Å²) in [5, 5.41) is 2.25. The molecule has 11 heteroatoms. The van der Waals surface area contributed by atoms with Crippen molar-refractivity contribution in [2.24, 2.45) is 5.92 Å². The number of aromatic nitrogens is 2. The Hall–Kier alpha value is -2.56. The average molecular weight is 416 g/mol. The number of ether oxygens (including phenoxy) is 3. The Morgan fingerprint density at radius 3 is 2.72 bits per heavy atom. The molecule has 1 radical (unpaired) electrons. The summed E-state index contributed by atoms with van der Waals surface area (Å²) < 4.78 is 44.2. The smallest absolute Gasteiger partial charge is 0.412 e. The predicted octanol–water partition coefficient (Wildman–Crippen LogP) is 2.53. The lowest BCUT2D eigenvalue weighted by molar-refractivity contribution is -0.154. The van der Waals surface area contributed by atoms with Crippen LogP contribution in [0, 0.1) is 12.3 Å². The van der Waals surface area contributed by atoms with Crippen molar-refractivity contribution < 1.29 is 32.6 Å². The van der Waals surface area contributed by atoms with E-state index in [0.717, 1.165) is 12.6 Å². The van der Waals surface area contributed by atoms with Crippen molar-refractivity contribution in [1.29, 1.82) is 0 Å². The standard InChI is InChI=1S/C18H24F2N3O6/c1-4-5-8-27-17(26)22-13-6-7-23(16(25)21-13)15-18(19,20)9-12(29-15)10-28-14(24)11(2)3/h6-7,9,11-12,15H,4-5,8,10H2,1-3H3,(H,21,22,25,26)/t12-,15-/m1/s1. The summed E-state index contributed by atoms with van der Waals surface area (Å²) in [6, 6.07) is 1.17. The molecule has 2 atom stereocenters. The van der Waals surface area contributed by atoms with Crippen LogP contribution >= 0.6 is 0 Å². The summed E-state index contributed by atoms with van der Waals surface area (Å²) in [6.45, 7) is 4.97. The van der Waals surface area contributed by atoms with Gasteiger partial charge >= 0.3 is 17.8 Å². The van der Waals surface area contributed by atoms with Crippen LogP contribution in [0.5, 0.6) is 0 Å². The maximum Gasteiger partial charge on any atom is 0.412 e. The lowest BCUT2D eigenvalue weighted by Gasteiger charge is -2.19. The molecule has 2 rings (SSSR count). The van der Waals surface area contributed by atoms with Gasteiger partial charge in [0, 0.05) is 6.20 Å². The number of rotatable bonds is 8. The van der Waals surface area contributed by atoms with E-state index in [4.69, 9.17) is 14.2 Å². The van der Waals surface area contributed by atoms with Crippen molar-refractivity contribution in [1.82, 2.24) is 9.55 Å². The highest BCUT2D eigenvalue weighted by molar-refractivity contribution is 5.83. The van der Waals surface area contributed by atoms with Crippen LogP contribution in [0.15, 0.2) is 17.1 Å². The first-order valence-corrected chi connectivity index (χ1v) is 9.23. The summed E-state index contributed by atoms with van der Waals surface area (Å²) in [6.07, 6.45) is -0.800. The zero-order valence-corrected chi connectivity index (χ0v) is 16.4. The lowest BCUT2D eigenvalue weighted by atomic mass is 10.2. The summed E-state index contributed by atoms with van der Waals surface area (Å²) in [5.41, 5.74) is -1.05. The largest absolute Gasteiger partial charge is 0.463 e. The Kier molecular flexibility index (Phi) is 7.66. The highest BCUT2D eigenvalue weighted by Crippen LogP contribution is 2.41. The molecule has 1 aromatic heterocycles. The van der Waals surface area contributed by atoms with E-state index >= 15 is 0 Å².